The van der Waals surface area contributed by atoms with Gasteiger partial charge in [0.15, 0.2) is 5.65 Å². The fourth-order valence-corrected chi connectivity index (χ4v) is 6.28. The van der Waals surface area contributed by atoms with Crippen molar-refractivity contribution in [1.29, 1.82) is 0 Å². The molecule has 8 heteroatoms. The summed E-state index contributed by atoms with van der Waals surface area (Å²) in [4.78, 5) is 18.2. The number of nitrogens with one attached hydrogen (secondary N) is 1. The van der Waals surface area contributed by atoms with Crippen LogP contribution in [0.3, 0.4) is 0 Å². The van der Waals surface area contributed by atoms with Crippen molar-refractivity contribution >= 4 is 16.9 Å². The molecule has 3 saturated heterocycles. The molecule has 3 atom stereocenters. The smallest absolute Gasteiger partial charge is 0.246 e. The van der Waals surface area contributed by atoms with Crippen LogP contribution in [0.5, 0.6) is 5.75 Å². The number of phenolic OH excluding ortho intramolecular Hbond substituents is 1. The van der Waals surface area contributed by atoms with Crippen LogP contribution in [0.1, 0.15) is 42.9 Å². The summed E-state index contributed by atoms with van der Waals surface area (Å²) in [5, 5.41) is 20.4. The molecule has 5 heterocycles. The second-order valence-electron chi connectivity index (χ2n) is 10.3. The van der Waals surface area contributed by atoms with Gasteiger partial charge in [-0.2, -0.15) is 0 Å². The Hall–Kier alpha value is -3.23. The van der Waals surface area contributed by atoms with E-state index in [1.807, 2.05) is 17.0 Å². The van der Waals surface area contributed by atoms with Crippen molar-refractivity contribution in [3.63, 3.8) is 0 Å². The first-order valence-corrected chi connectivity index (χ1v) is 12.9. The predicted molar refractivity (Wildman–Crippen MR) is 136 cm³/mol. The maximum absolute atomic E-state index is 12.6. The van der Waals surface area contributed by atoms with Crippen LogP contribution in [0.25, 0.3) is 22.3 Å². The lowest BCUT2D eigenvalue weighted by Crippen LogP contribution is -2.58. The van der Waals surface area contributed by atoms with Crippen molar-refractivity contribution in [2.75, 3.05) is 26.4 Å². The number of hydrogen-bond acceptors (Lipinski definition) is 6. The van der Waals surface area contributed by atoms with E-state index in [2.05, 4.69) is 27.8 Å². The molecular weight excluding hydrogens is 456 g/mol. The van der Waals surface area contributed by atoms with Gasteiger partial charge in [0.1, 0.15) is 5.75 Å². The van der Waals surface area contributed by atoms with Crippen LogP contribution in [-0.4, -0.2) is 69.6 Å². The molecule has 0 radical (unpaired) electrons. The highest BCUT2D eigenvalue weighted by Crippen LogP contribution is 2.41. The summed E-state index contributed by atoms with van der Waals surface area (Å²) in [6.45, 7) is 6.48. The molecule has 3 aliphatic rings. The quantitative estimate of drug-likeness (QED) is 0.510. The topological polar surface area (TPSA) is 101 Å². The second kappa shape index (κ2) is 9.67. The van der Waals surface area contributed by atoms with Gasteiger partial charge in [-0.1, -0.05) is 18.7 Å². The summed E-state index contributed by atoms with van der Waals surface area (Å²) in [7, 11) is 0. The van der Waals surface area contributed by atoms with Gasteiger partial charge >= 0.3 is 0 Å². The number of para-hydroxylation sites is 1. The molecule has 0 saturated carbocycles. The third kappa shape index (κ3) is 4.18. The van der Waals surface area contributed by atoms with Crippen molar-refractivity contribution < 1.29 is 19.4 Å². The number of aromatic hydroxyl groups is 1. The Labute approximate surface area is 210 Å². The van der Waals surface area contributed by atoms with Crippen LogP contribution >= 0.6 is 0 Å². The molecule has 3 aliphatic heterocycles. The van der Waals surface area contributed by atoms with Gasteiger partial charge in [-0.05, 0) is 67.9 Å². The Morgan fingerprint density at radius 2 is 1.97 bits per heavy atom. The first-order valence-electron chi connectivity index (χ1n) is 12.9. The van der Waals surface area contributed by atoms with Crippen molar-refractivity contribution in [1.82, 2.24) is 20.1 Å². The Morgan fingerprint density at radius 3 is 2.69 bits per heavy atom. The van der Waals surface area contributed by atoms with Crippen molar-refractivity contribution in [3.05, 3.63) is 54.2 Å². The summed E-state index contributed by atoms with van der Waals surface area (Å²) in [6, 6.07) is 9.36. The number of rotatable bonds is 6. The first-order chi connectivity index (χ1) is 17.6. The maximum Gasteiger partial charge on any atom is 0.246 e. The maximum atomic E-state index is 12.6. The SMILES string of the molecule is C=CC(=O)N1C2COCC1CC(c1[nH]c3nnc(-c4ccccc4O)cc3c1CCC1CCOC1)C2. The number of benzene rings is 1. The van der Waals surface area contributed by atoms with E-state index in [0.29, 0.717) is 30.4 Å². The zero-order chi connectivity index (χ0) is 24.6. The minimum atomic E-state index is -0.0111. The number of piperidine rings is 1. The summed E-state index contributed by atoms with van der Waals surface area (Å²) in [6.07, 6.45) is 6.17. The summed E-state index contributed by atoms with van der Waals surface area (Å²) < 4.78 is 11.5. The Morgan fingerprint density at radius 1 is 1.17 bits per heavy atom. The van der Waals surface area contributed by atoms with Crippen LogP contribution < -0.4 is 0 Å². The number of ether oxygens (including phenoxy) is 2. The monoisotopic (exact) mass is 488 g/mol. The van der Waals surface area contributed by atoms with E-state index < -0.39 is 0 Å². The van der Waals surface area contributed by atoms with Crippen molar-refractivity contribution in [3.8, 4) is 17.0 Å². The number of H-pyrrole nitrogens is 1. The molecule has 1 amide bonds. The molecule has 3 unspecified atom stereocenters. The van der Waals surface area contributed by atoms with Crippen LogP contribution in [0.2, 0.25) is 0 Å². The van der Waals surface area contributed by atoms with Crippen LogP contribution in [0.15, 0.2) is 43.0 Å². The third-order valence-corrected chi connectivity index (χ3v) is 8.06. The predicted octanol–water partition coefficient (Wildman–Crippen LogP) is 3.96. The Balaban J connectivity index is 1.38. The largest absolute Gasteiger partial charge is 0.507 e. The lowest BCUT2D eigenvalue weighted by molar-refractivity contribution is -0.146. The van der Waals surface area contributed by atoms with E-state index in [1.54, 1.807) is 12.1 Å². The van der Waals surface area contributed by atoms with Crippen LogP contribution in [0, 0.1) is 5.92 Å². The summed E-state index contributed by atoms with van der Waals surface area (Å²) in [5.41, 5.74) is 4.58. The molecule has 2 N–H and O–H groups in total. The number of aromatic nitrogens is 3. The molecule has 188 valence electrons. The number of aryl methyl sites for hydroxylation is 1. The minimum absolute atomic E-state index is 0.0111. The third-order valence-electron chi connectivity index (χ3n) is 8.06. The summed E-state index contributed by atoms with van der Waals surface area (Å²) >= 11 is 0. The highest BCUT2D eigenvalue weighted by Gasteiger charge is 2.42. The van der Waals surface area contributed by atoms with E-state index in [-0.39, 0.29) is 29.7 Å². The number of carbonyl (C=O) groups excluding carboxylic acids is 1. The van der Waals surface area contributed by atoms with Gasteiger partial charge in [-0.25, -0.2) is 0 Å². The van der Waals surface area contributed by atoms with Crippen molar-refractivity contribution in [2.24, 2.45) is 5.92 Å². The second-order valence-corrected chi connectivity index (χ2v) is 10.3. The molecular formula is C28H32N4O4. The average Bonchev–Trinajstić information content (AvgIpc) is 3.54. The highest BCUT2D eigenvalue weighted by molar-refractivity contribution is 5.88. The normalized spacial score (nSPS) is 25.8. The van der Waals surface area contributed by atoms with Gasteiger partial charge in [-0.15, -0.1) is 10.2 Å². The Bertz CT molecular complexity index is 1270. The molecule has 8 nitrogen and oxygen atoms in total. The fourth-order valence-electron chi connectivity index (χ4n) is 6.28. The van der Waals surface area contributed by atoms with E-state index in [0.717, 1.165) is 56.4 Å². The average molecular weight is 489 g/mol. The number of carbonyl (C=O) groups is 1. The zero-order valence-electron chi connectivity index (χ0n) is 20.4. The number of amides is 1. The van der Waals surface area contributed by atoms with E-state index in [4.69, 9.17) is 9.47 Å². The first kappa shape index (κ1) is 23.2. The van der Waals surface area contributed by atoms with Gasteiger partial charge < -0.3 is 24.5 Å². The molecule has 6 rings (SSSR count). The number of hydrogen-bond donors (Lipinski definition) is 2. The molecule has 0 spiro atoms. The van der Waals surface area contributed by atoms with Crippen molar-refractivity contribution in [2.45, 2.75) is 50.1 Å². The van der Waals surface area contributed by atoms with Gasteiger partial charge in [0.05, 0.1) is 31.0 Å². The minimum Gasteiger partial charge on any atom is -0.507 e. The van der Waals surface area contributed by atoms with Gasteiger partial charge in [0.2, 0.25) is 5.91 Å². The van der Waals surface area contributed by atoms with Gasteiger partial charge in [-0.3, -0.25) is 4.79 Å². The van der Waals surface area contributed by atoms with E-state index >= 15 is 0 Å². The molecule has 2 bridgehead atoms. The zero-order valence-corrected chi connectivity index (χ0v) is 20.4. The molecule has 0 aliphatic carbocycles. The van der Waals surface area contributed by atoms with Gasteiger partial charge in [0.25, 0.3) is 0 Å². The standard InChI is InChI=1S/C28H32N4O4/c1-2-26(34)32-19-11-18(12-20(32)16-36-15-19)27-21(8-7-17-9-10-35-14-17)23-13-24(30-31-28(23)29-27)22-5-3-4-6-25(22)33/h2-6,13,17-20,33H,1,7-12,14-16H2,(H,29,31). The highest BCUT2D eigenvalue weighted by atomic mass is 16.5. The Kier molecular flexibility index (Phi) is 6.23. The number of phenols is 1. The number of nitrogens with zero attached hydrogens (tertiary/aromatic N) is 3. The number of morpholine rings is 1. The fraction of sp³-hybridized carbons (Fsp3) is 0.464. The molecule has 36 heavy (non-hydrogen) atoms. The number of aromatic amines is 1. The lowest BCUT2D eigenvalue weighted by atomic mass is 9.81. The molecule has 3 fully saturated rings. The molecule has 1 aromatic carbocycles. The van der Waals surface area contributed by atoms with E-state index in [1.165, 1.54) is 17.3 Å². The lowest BCUT2D eigenvalue weighted by Gasteiger charge is -2.48. The molecule has 2 aromatic heterocycles. The summed E-state index contributed by atoms with van der Waals surface area (Å²) in [5.74, 6) is 1.02. The van der Waals surface area contributed by atoms with Crippen LogP contribution in [0.4, 0.5) is 0 Å². The number of fused-ring (bicyclic) bond motifs is 3. The van der Waals surface area contributed by atoms with E-state index in [9.17, 15) is 9.90 Å². The molecule has 3 aromatic rings. The van der Waals surface area contributed by atoms with Gasteiger partial charge in [0, 0.05) is 35.8 Å². The van der Waals surface area contributed by atoms with Crippen LogP contribution in [-0.2, 0) is 20.7 Å².